The Labute approximate surface area is 104 Å². The first-order chi connectivity index (χ1) is 8.65. The second kappa shape index (κ2) is 3.52. The summed E-state index contributed by atoms with van der Waals surface area (Å²) in [5.74, 6) is 0.555. The van der Waals surface area contributed by atoms with Crippen molar-refractivity contribution in [1.82, 2.24) is 9.55 Å². The van der Waals surface area contributed by atoms with Crippen molar-refractivity contribution in [2.75, 3.05) is 0 Å². The van der Waals surface area contributed by atoms with Crippen LogP contribution in [0, 0.1) is 16.7 Å². The minimum absolute atomic E-state index is 0.266. The molecule has 1 aliphatic rings. The maximum Gasteiger partial charge on any atom is 0.153 e. The molecule has 0 fully saturated rings. The maximum atomic E-state index is 9.24. The van der Waals surface area contributed by atoms with Gasteiger partial charge in [-0.1, -0.05) is 12.1 Å². The highest BCUT2D eigenvalue weighted by atomic mass is 15.2. The van der Waals surface area contributed by atoms with E-state index in [0.29, 0.717) is 17.0 Å². The molecule has 2 heterocycles. The molecule has 5 heteroatoms. The number of benzene rings is 1. The summed E-state index contributed by atoms with van der Waals surface area (Å²) in [7, 11) is 0. The van der Waals surface area contributed by atoms with Gasteiger partial charge in [0, 0.05) is 0 Å². The van der Waals surface area contributed by atoms with E-state index < -0.39 is 6.17 Å². The minimum atomic E-state index is -0.579. The van der Waals surface area contributed by atoms with Crippen LogP contribution in [0.5, 0.6) is 0 Å². The summed E-state index contributed by atoms with van der Waals surface area (Å²) in [6.07, 6.45) is -0.579. The van der Waals surface area contributed by atoms with E-state index in [-0.39, 0.29) is 5.71 Å². The van der Waals surface area contributed by atoms with E-state index in [1.807, 2.05) is 24.3 Å². The van der Waals surface area contributed by atoms with Crippen LogP contribution >= 0.6 is 0 Å². The van der Waals surface area contributed by atoms with E-state index in [1.54, 1.807) is 11.5 Å². The topological polar surface area (TPSA) is 91.5 Å². The van der Waals surface area contributed by atoms with Crippen molar-refractivity contribution in [3.63, 3.8) is 0 Å². The van der Waals surface area contributed by atoms with E-state index in [4.69, 9.17) is 11.1 Å². The molecule has 0 aliphatic carbocycles. The van der Waals surface area contributed by atoms with Gasteiger partial charge in [-0.15, -0.1) is 0 Å². The highest BCUT2D eigenvalue weighted by molar-refractivity contribution is 6.10. The maximum absolute atomic E-state index is 9.24. The largest absolute Gasteiger partial charge is 0.306 e. The Balaban J connectivity index is 2.46. The van der Waals surface area contributed by atoms with Gasteiger partial charge in [0.25, 0.3) is 0 Å². The Morgan fingerprint density at radius 2 is 2.17 bits per heavy atom. The molecule has 18 heavy (non-hydrogen) atoms. The third-order valence-corrected chi connectivity index (χ3v) is 3.28. The van der Waals surface area contributed by atoms with Crippen LogP contribution in [0.3, 0.4) is 0 Å². The normalized spacial score (nSPS) is 18.9. The fourth-order valence-corrected chi connectivity index (χ4v) is 2.29. The quantitative estimate of drug-likeness (QED) is 0.732. The van der Waals surface area contributed by atoms with Crippen LogP contribution < -0.4 is 5.73 Å². The molecule has 0 saturated heterocycles. The van der Waals surface area contributed by atoms with Crippen LogP contribution in [0.15, 0.2) is 29.8 Å². The molecular formula is C13H11N5. The van der Waals surface area contributed by atoms with Crippen molar-refractivity contribution in [2.24, 2.45) is 5.73 Å². The lowest BCUT2D eigenvalue weighted by Crippen LogP contribution is -2.32. The Kier molecular flexibility index (Phi) is 2.09. The lowest BCUT2D eigenvalue weighted by molar-refractivity contribution is 0.665. The number of aromatic nitrogens is 2. The first kappa shape index (κ1) is 10.7. The zero-order valence-corrected chi connectivity index (χ0v) is 9.81. The molecule has 88 valence electrons. The van der Waals surface area contributed by atoms with Crippen molar-refractivity contribution in [2.45, 2.75) is 13.1 Å². The third kappa shape index (κ3) is 1.18. The van der Waals surface area contributed by atoms with Crippen LogP contribution in [0.1, 0.15) is 18.9 Å². The molecule has 0 amide bonds. The lowest BCUT2D eigenvalue weighted by Gasteiger charge is -2.24. The molecule has 0 bridgehead atoms. The number of imidazole rings is 1. The summed E-state index contributed by atoms with van der Waals surface area (Å²) < 4.78 is 1.75. The van der Waals surface area contributed by atoms with Gasteiger partial charge in [-0.2, -0.15) is 5.26 Å². The SMILES string of the molecule is CC1=C(C#N)c2nc3ccccc3n2C(N)C1=N. The molecule has 1 atom stereocenters. The summed E-state index contributed by atoms with van der Waals surface area (Å²) in [4.78, 5) is 4.45. The molecule has 0 spiro atoms. The molecule has 3 rings (SSSR count). The number of fused-ring (bicyclic) bond motifs is 3. The average Bonchev–Trinajstić information content (AvgIpc) is 2.76. The summed E-state index contributed by atoms with van der Waals surface area (Å²) in [5.41, 5.74) is 9.00. The third-order valence-electron chi connectivity index (χ3n) is 3.28. The number of nitrogens with two attached hydrogens (primary N) is 1. The number of allylic oxidation sites excluding steroid dienone is 1. The monoisotopic (exact) mass is 237 g/mol. The Morgan fingerprint density at radius 3 is 2.89 bits per heavy atom. The molecule has 1 unspecified atom stereocenters. The highest BCUT2D eigenvalue weighted by Gasteiger charge is 2.29. The molecule has 0 radical (unpaired) electrons. The molecule has 1 aliphatic heterocycles. The van der Waals surface area contributed by atoms with Crippen molar-refractivity contribution in [1.29, 1.82) is 10.7 Å². The summed E-state index contributed by atoms with van der Waals surface area (Å²) in [6, 6.07) is 9.68. The van der Waals surface area contributed by atoms with Crippen molar-refractivity contribution >= 4 is 22.3 Å². The van der Waals surface area contributed by atoms with Gasteiger partial charge in [0.15, 0.2) is 5.82 Å². The summed E-state index contributed by atoms with van der Waals surface area (Å²) in [6.45, 7) is 1.74. The number of rotatable bonds is 0. The minimum Gasteiger partial charge on any atom is -0.306 e. The smallest absolute Gasteiger partial charge is 0.153 e. The number of nitrogens with zero attached hydrogens (tertiary/aromatic N) is 3. The number of hydrogen-bond donors (Lipinski definition) is 2. The Morgan fingerprint density at radius 1 is 1.44 bits per heavy atom. The van der Waals surface area contributed by atoms with Crippen LogP contribution in [-0.2, 0) is 0 Å². The average molecular weight is 237 g/mol. The van der Waals surface area contributed by atoms with Gasteiger partial charge in [-0.25, -0.2) is 4.98 Å². The van der Waals surface area contributed by atoms with Gasteiger partial charge in [-0.05, 0) is 24.6 Å². The molecule has 0 saturated carbocycles. The molecule has 1 aromatic carbocycles. The van der Waals surface area contributed by atoms with Crippen molar-refractivity contribution in [3.05, 3.63) is 35.7 Å². The summed E-state index contributed by atoms with van der Waals surface area (Å²) >= 11 is 0. The second-order valence-corrected chi connectivity index (χ2v) is 4.26. The van der Waals surface area contributed by atoms with E-state index in [9.17, 15) is 5.26 Å². The van der Waals surface area contributed by atoms with E-state index in [1.165, 1.54) is 0 Å². The Hall–Kier alpha value is -2.45. The zero-order chi connectivity index (χ0) is 12.9. The lowest BCUT2D eigenvalue weighted by atomic mass is 9.99. The molecular weight excluding hydrogens is 226 g/mol. The number of para-hydroxylation sites is 2. The van der Waals surface area contributed by atoms with Crippen molar-refractivity contribution in [3.8, 4) is 6.07 Å². The van der Waals surface area contributed by atoms with E-state index in [2.05, 4.69) is 11.1 Å². The molecule has 5 nitrogen and oxygen atoms in total. The molecule has 1 aromatic heterocycles. The van der Waals surface area contributed by atoms with Gasteiger partial charge in [-0.3, -0.25) is 0 Å². The predicted molar refractivity (Wildman–Crippen MR) is 68.9 cm³/mol. The highest BCUT2D eigenvalue weighted by Crippen LogP contribution is 2.31. The van der Waals surface area contributed by atoms with Gasteiger partial charge >= 0.3 is 0 Å². The molecule has 3 N–H and O–H groups in total. The first-order valence-electron chi connectivity index (χ1n) is 5.58. The van der Waals surface area contributed by atoms with Gasteiger partial charge in [0.2, 0.25) is 0 Å². The number of nitriles is 1. The van der Waals surface area contributed by atoms with Gasteiger partial charge < -0.3 is 15.7 Å². The van der Waals surface area contributed by atoms with E-state index >= 15 is 0 Å². The van der Waals surface area contributed by atoms with Crippen LogP contribution in [0.25, 0.3) is 16.6 Å². The predicted octanol–water partition coefficient (Wildman–Crippen LogP) is 1.82. The van der Waals surface area contributed by atoms with Gasteiger partial charge in [0.05, 0.1) is 22.3 Å². The first-order valence-corrected chi connectivity index (χ1v) is 5.58. The second-order valence-electron chi connectivity index (χ2n) is 4.26. The summed E-state index contributed by atoms with van der Waals surface area (Å²) in [5, 5.41) is 17.2. The van der Waals surface area contributed by atoms with Crippen molar-refractivity contribution < 1.29 is 0 Å². The number of hydrogen-bond acceptors (Lipinski definition) is 4. The fourth-order valence-electron chi connectivity index (χ4n) is 2.29. The standard InChI is InChI=1S/C13H11N5/c1-7-8(6-14)13-17-9-4-2-3-5-10(9)18(13)12(16)11(7)15/h2-5,12,15H,16H2,1H3. The van der Waals surface area contributed by atoms with E-state index in [0.717, 1.165) is 11.0 Å². The number of nitrogens with one attached hydrogen (secondary N) is 1. The van der Waals surface area contributed by atoms with Crippen LogP contribution in [0.2, 0.25) is 0 Å². The van der Waals surface area contributed by atoms with Gasteiger partial charge in [0.1, 0.15) is 12.2 Å². The zero-order valence-electron chi connectivity index (χ0n) is 9.81. The Bertz CT molecular complexity index is 744. The van der Waals surface area contributed by atoms with Crippen LogP contribution in [0.4, 0.5) is 0 Å². The molecule has 2 aromatic rings. The van der Waals surface area contributed by atoms with Crippen LogP contribution in [-0.4, -0.2) is 15.3 Å². The fraction of sp³-hybridized carbons (Fsp3) is 0.154.